The summed E-state index contributed by atoms with van der Waals surface area (Å²) in [5.41, 5.74) is 5.91. The van der Waals surface area contributed by atoms with E-state index in [-0.39, 0.29) is 11.6 Å². The minimum atomic E-state index is -2.10. The van der Waals surface area contributed by atoms with Gasteiger partial charge in [-0.25, -0.2) is 0 Å². The van der Waals surface area contributed by atoms with Crippen LogP contribution in [0.4, 0.5) is 0 Å². The first kappa shape index (κ1) is 21.1. The van der Waals surface area contributed by atoms with Gasteiger partial charge < -0.3 is 19.6 Å². The zero-order chi connectivity index (χ0) is 17.7. The molecule has 0 aromatic heterocycles. The summed E-state index contributed by atoms with van der Waals surface area (Å²) in [5.74, 6) is -2.08. The average molecular weight is 334 g/mol. The summed E-state index contributed by atoms with van der Waals surface area (Å²) in [6.07, 6.45) is -0.534. The number of hydrogen-bond donors (Lipinski definition) is 1. The topological polar surface area (TPSA) is 87.9 Å². The van der Waals surface area contributed by atoms with E-state index >= 15 is 0 Å². The predicted molar refractivity (Wildman–Crippen MR) is 87.9 cm³/mol. The van der Waals surface area contributed by atoms with Crippen molar-refractivity contribution >= 4 is 20.3 Å². The van der Waals surface area contributed by atoms with Crippen LogP contribution in [0.15, 0.2) is 0 Å². The van der Waals surface area contributed by atoms with E-state index in [0.29, 0.717) is 0 Å². The Morgan fingerprint density at radius 3 is 2.05 bits per heavy atom. The number of carbonyl (C=O) groups excluding carboxylic acids is 2. The predicted octanol–water partition coefficient (Wildman–Crippen LogP) is 2.08. The Morgan fingerprint density at radius 2 is 1.68 bits per heavy atom. The normalized spacial score (nSPS) is 16.6. The van der Waals surface area contributed by atoms with Gasteiger partial charge in [0.25, 0.3) is 0 Å². The van der Waals surface area contributed by atoms with Gasteiger partial charge in [-0.3, -0.25) is 9.59 Å². The van der Waals surface area contributed by atoms with Crippen molar-refractivity contribution in [2.75, 3.05) is 13.7 Å². The number of esters is 2. The average Bonchev–Trinajstić information content (AvgIpc) is 2.36. The van der Waals surface area contributed by atoms with Gasteiger partial charge in [0, 0.05) is 0 Å². The van der Waals surface area contributed by atoms with Crippen LogP contribution >= 0.6 is 0 Å². The van der Waals surface area contributed by atoms with E-state index in [0.717, 1.165) is 0 Å². The number of carbonyl (C=O) groups is 2. The maximum Gasteiger partial charge on any atom is 0.323 e. The van der Waals surface area contributed by atoms with Crippen molar-refractivity contribution < 1.29 is 23.5 Å². The Morgan fingerprint density at radius 1 is 1.18 bits per heavy atom. The Balaban J connectivity index is 5.28. The Labute approximate surface area is 134 Å². The summed E-state index contributed by atoms with van der Waals surface area (Å²) in [7, 11) is -0.834. The monoisotopic (exact) mass is 333 g/mol. The van der Waals surface area contributed by atoms with Gasteiger partial charge in [-0.2, -0.15) is 0 Å². The summed E-state index contributed by atoms with van der Waals surface area (Å²) in [6, 6.07) is -1.10. The van der Waals surface area contributed by atoms with Crippen LogP contribution in [0.1, 0.15) is 34.6 Å². The molecule has 0 heterocycles. The van der Waals surface area contributed by atoms with Gasteiger partial charge in [-0.1, -0.05) is 20.8 Å². The summed E-state index contributed by atoms with van der Waals surface area (Å²) in [5, 5.41) is -0.0179. The van der Waals surface area contributed by atoms with Crippen LogP contribution in [-0.2, 0) is 23.5 Å². The highest BCUT2D eigenvalue weighted by Gasteiger charge is 2.44. The molecule has 3 atom stereocenters. The van der Waals surface area contributed by atoms with Crippen LogP contribution in [0.5, 0.6) is 0 Å². The molecule has 130 valence electrons. The van der Waals surface area contributed by atoms with Crippen LogP contribution in [0.3, 0.4) is 0 Å². The fourth-order valence-corrected chi connectivity index (χ4v) is 3.30. The lowest BCUT2D eigenvalue weighted by Crippen LogP contribution is -2.53. The van der Waals surface area contributed by atoms with Crippen molar-refractivity contribution in [3.63, 3.8) is 0 Å². The highest BCUT2D eigenvalue weighted by atomic mass is 28.4. The number of hydrogen-bond acceptors (Lipinski definition) is 6. The third kappa shape index (κ3) is 5.37. The smallest absolute Gasteiger partial charge is 0.323 e. The Hall–Kier alpha value is -0.923. The highest BCUT2D eigenvalue weighted by Crippen LogP contribution is 2.38. The molecule has 0 spiro atoms. The van der Waals surface area contributed by atoms with Crippen molar-refractivity contribution in [2.24, 2.45) is 11.7 Å². The first-order valence-corrected chi connectivity index (χ1v) is 10.5. The Kier molecular flexibility index (Phi) is 7.74. The second-order valence-electron chi connectivity index (χ2n) is 6.91. The molecule has 6 nitrogen and oxygen atoms in total. The molecule has 7 heteroatoms. The largest absolute Gasteiger partial charge is 0.469 e. The van der Waals surface area contributed by atoms with Crippen molar-refractivity contribution in [3.8, 4) is 0 Å². The molecule has 0 saturated carbocycles. The van der Waals surface area contributed by atoms with Crippen LogP contribution in [0.25, 0.3) is 0 Å². The standard InChI is InChI=1S/C15H31NO5Si/c1-9-20-14(18)12(16)11(13(17)19-6)10(2)21-22(7,8)15(3,4)5/h10-12H,9,16H2,1-8H3/t10-,11-,12+/m1/s1. The van der Waals surface area contributed by atoms with E-state index in [2.05, 4.69) is 33.9 Å². The molecule has 0 unspecified atom stereocenters. The fourth-order valence-electron chi connectivity index (χ4n) is 1.87. The number of rotatable bonds is 7. The van der Waals surface area contributed by atoms with Gasteiger partial charge in [0.2, 0.25) is 0 Å². The van der Waals surface area contributed by atoms with Crippen molar-refractivity contribution in [2.45, 2.75) is 64.9 Å². The molecule has 22 heavy (non-hydrogen) atoms. The van der Waals surface area contributed by atoms with E-state index in [4.69, 9.17) is 19.6 Å². The van der Waals surface area contributed by atoms with Crippen LogP contribution < -0.4 is 5.73 Å². The van der Waals surface area contributed by atoms with Gasteiger partial charge >= 0.3 is 11.9 Å². The lowest BCUT2D eigenvalue weighted by Gasteiger charge is -2.40. The first-order valence-electron chi connectivity index (χ1n) is 7.57. The van der Waals surface area contributed by atoms with Gasteiger partial charge in [0.05, 0.1) is 19.8 Å². The molecule has 0 aliphatic heterocycles. The van der Waals surface area contributed by atoms with Crippen molar-refractivity contribution in [1.82, 2.24) is 0 Å². The molecule has 0 rings (SSSR count). The molecular weight excluding hydrogens is 302 g/mol. The minimum Gasteiger partial charge on any atom is -0.469 e. The third-order valence-corrected chi connectivity index (χ3v) is 8.78. The molecule has 0 aliphatic carbocycles. The lowest BCUT2D eigenvalue weighted by atomic mass is 9.95. The van der Waals surface area contributed by atoms with E-state index in [9.17, 15) is 9.59 Å². The SMILES string of the molecule is CCOC(=O)[C@@H](N)[C@H](C(=O)OC)[C@@H](C)O[Si](C)(C)C(C)(C)C. The fraction of sp³-hybridized carbons (Fsp3) is 0.867. The third-order valence-electron chi connectivity index (χ3n) is 4.21. The zero-order valence-electron chi connectivity index (χ0n) is 15.1. The number of ether oxygens (including phenoxy) is 2. The molecule has 0 aliphatic rings. The van der Waals surface area contributed by atoms with Gasteiger partial charge in [-0.05, 0) is 32.0 Å². The summed E-state index contributed by atoms with van der Waals surface area (Å²) in [6.45, 7) is 14.1. The van der Waals surface area contributed by atoms with Gasteiger partial charge in [-0.15, -0.1) is 0 Å². The van der Waals surface area contributed by atoms with E-state index in [1.807, 2.05) is 0 Å². The van der Waals surface area contributed by atoms with Crippen molar-refractivity contribution in [3.05, 3.63) is 0 Å². The molecule has 0 aromatic carbocycles. The summed E-state index contributed by atoms with van der Waals surface area (Å²) < 4.78 is 15.9. The highest BCUT2D eigenvalue weighted by molar-refractivity contribution is 6.74. The quantitative estimate of drug-likeness (QED) is 0.567. The minimum absolute atomic E-state index is 0.0179. The van der Waals surface area contributed by atoms with Crippen LogP contribution in [-0.4, -0.2) is 46.1 Å². The molecule has 0 radical (unpaired) electrons. The van der Waals surface area contributed by atoms with Crippen molar-refractivity contribution in [1.29, 1.82) is 0 Å². The maximum atomic E-state index is 12.1. The molecule has 0 fully saturated rings. The molecule has 0 aromatic rings. The number of methoxy groups -OCH3 is 1. The van der Waals surface area contributed by atoms with Crippen LogP contribution in [0.2, 0.25) is 18.1 Å². The lowest BCUT2D eigenvalue weighted by molar-refractivity contribution is -0.158. The Bertz CT molecular complexity index is 392. The molecule has 0 saturated heterocycles. The maximum absolute atomic E-state index is 12.1. The summed E-state index contributed by atoms with van der Waals surface area (Å²) >= 11 is 0. The van der Waals surface area contributed by atoms with Gasteiger partial charge in [0.15, 0.2) is 8.32 Å². The first-order chi connectivity index (χ1) is 9.89. The molecular formula is C15H31NO5Si. The van der Waals surface area contributed by atoms with Crippen LogP contribution in [0, 0.1) is 5.92 Å². The van der Waals surface area contributed by atoms with E-state index in [1.165, 1.54) is 7.11 Å². The second kappa shape index (κ2) is 8.08. The second-order valence-corrected chi connectivity index (χ2v) is 11.7. The van der Waals surface area contributed by atoms with E-state index in [1.54, 1.807) is 13.8 Å². The van der Waals surface area contributed by atoms with E-state index < -0.39 is 38.3 Å². The number of nitrogens with two attached hydrogens (primary N) is 1. The molecule has 0 amide bonds. The summed E-state index contributed by atoms with van der Waals surface area (Å²) in [4.78, 5) is 23.9. The van der Waals surface area contributed by atoms with Gasteiger partial charge in [0.1, 0.15) is 12.0 Å². The zero-order valence-corrected chi connectivity index (χ0v) is 16.1. The molecule has 0 bridgehead atoms. The molecule has 2 N–H and O–H groups in total.